The van der Waals surface area contributed by atoms with Gasteiger partial charge in [-0.2, -0.15) is 0 Å². The number of carbonyl (C=O) groups is 2. The van der Waals surface area contributed by atoms with E-state index in [-0.39, 0.29) is 35.8 Å². The Morgan fingerprint density at radius 2 is 1.97 bits per heavy atom. The fourth-order valence-electron chi connectivity index (χ4n) is 3.46. The molecule has 1 atom stereocenters. The number of halogens is 2. The van der Waals surface area contributed by atoms with Crippen molar-refractivity contribution in [1.29, 1.82) is 0 Å². The summed E-state index contributed by atoms with van der Waals surface area (Å²) in [7, 11) is 0. The molecule has 0 aromatic heterocycles. The largest absolute Gasteiger partial charge is 0.482 e. The molecule has 0 spiro atoms. The number of piperazine rings is 1. The summed E-state index contributed by atoms with van der Waals surface area (Å²) in [5.41, 5.74) is 1.20. The smallest absolute Gasteiger partial charge is 0.409 e. The number of carboxylic acid groups (broad SMARTS) is 1. The van der Waals surface area contributed by atoms with Crippen molar-refractivity contribution in [1.82, 2.24) is 9.80 Å². The predicted molar refractivity (Wildman–Crippen MR) is 111 cm³/mol. The maximum atomic E-state index is 13.1. The molecule has 1 aliphatic heterocycles. The molecule has 3 rings (SSSR count). The molecular formula is C21H23ClFN3O4. The minimum absolute atomic E-state index is 0.0165. The van der Waals surface area contributed by atoms with E-state index < -0.39 is 6.09 Å². The molecule has 1 fully saturated rings. The van der Waals surface area contributed by atoms with Gasteiger partial charge in [-0.1, -0.05) is 23.7 Å². The summed E-state index contributed by atoms with van der Waals surface area (Å²) in [6, 6.07) is 10.9. The van der Waals surface area contributed by atoms with E-state index in [1.165, 1.54) is 24.3 Å². The van der Waals surface area contributed by atoms with Crippen molar-refractivity contribution in [3.05, 3.63) is 58.9 Å². The SMILES string of the molecule is CC1CN(Cc2ccc(F)cc2)CCN1C(=O)COc1ccc(Cl)cc1NC(=O)O. The molecule has 7 nitrogen and oxygen atoms in total. The van der Waals surface area contributed by atoms with Gasteiger partial charge in [-0.05, 0) is 42.8 Å². The van der Waals surface area contributed by atoms with Crippen LogP contribution in [0.5, 0.6) is 5.75 Å². The first kappa shape index (κ1) is 21.9. The lowest BCUT2D eigenvalue weighted by molar-refractivity contribution is -0.137. The van der Waals surface area contributed by atoms with Crippen molar-refractivity contribution in [2.75, 3.05) is 31.6 Å². The molecule has 2 N–H and O–H groups in total. The summed E-state index contributed by atoms with van der Waals surface area (Å²) in [6.07, 6.45) is -1.25. The van der Waals surface area contributed by atoms with Gasteiger partial charge in [-0.3, -0.25) is 15.0 Å². The maximum absolute atomic E-state index is 13.1. The molecular weight excluding hydrogens is 413 g/mol. The number of nitrogens with zero attached hydrogens (tertiary/aromatic N) is 2. The number of ether oxygens (including phenoxy) is 1. The summed E-state index contributed by atoms with van der Waals surface area (Å²) < 4.78 is 18.6. The highest BCUT2D eigenvalue weighted by Gasteiger charge is 2.27. The summed E-state index contributed by atoms with van der Waals surface area (Å²) in [5.74, 6) is -0.206. The number of nitrogens with one attached hydrogen (secondary N) is 1. The lowest BCUT2D eigenvalue weighted by atomic mass is 10.1. The minimum Gasteiger partial charge on any atom is -0.482 e. The molecule has 2 amide bonds. The van der Waals surface area contributed by atoms with Gasteiger partial charge in [0, 0.05) is 37.2 Å². The Bertz CT molecular complexity index is 910. The Morgan fingerprint density at radius 3 is 2.63 bits per heavy atom. The van der Waals surface area contributed by atoms with Gasteiger partial charge in [0.15, 0.2) is 6.61 Å². The number of benzene rings is 2. The van der Waals surface area contributed by atoms with E-state index in [0.717, 1.165) is 5.56 Å². The Balaban J connectivity index is 1.54. The second-order valence-electron chi connectivity index (χ2n) is 7.16. The van der Waals surface area contributed by atoms with E-state index in [1.807, 2.05) is 6.92 Å². The van der Waals surface area contributed by atoms with Crippen molar-refractivity contribution in [2.24, 2.45) is 0 Å². The van der Waals surface area contributed by atoms with Gasteiger partial charge in [0.2, 0.25) is 0 Å². The zero-order chi connectivity index (χ0) is 21.7. The number of rotatable bonds is 6. The highest BCUT2D eigenvalue weighted by atomic mass is 35.5. The Morgan fingerprint density at radius 1 is 1.23 bits per heavy atom. The third-order valence-electron chi connectivity index (χ3n) is 4.89. The van der Waals surface area contributed by atoms with Crippen molar-refractivity contribution >= 4 is 29.3 Å². The molecule has 1 aliphatic rings. The van der Waals surface area contributed by atoms with Crippen LogP contribution in [0, 0.1) is 5.82 Å². The van der Waals surface area contributed by atoms with Gasteiger partial charge in [-0.15, -0.1) is 0 Å². The average Bonchev–Trinajstić information content (AvgIpc) is 2.68. The van der Waals surface area contributed by atoms with E-state index in [4.69, 9.17) is 21.4 Å². The minimum atomic E-state index is -1.25. The van der Waals surface area contributed by atoms with Crippen LogP contribution in [0.25, 0.3) is 0 Å². The predicted octanol–water partition coefficient (Wildman–Crippen LogP) is 3.68. The summed E-state index contributed by atoms with van der Waals surface area (Å²) in [4.78, 5) is 27.6. The Kier molecular flexibility index (Phi) is 7.12. The lowest BCUT2D eigenvalue weighted by Crippen LogP contribution is -2.54. The molecule has 160 valence electrons. The van der Waals surface area contributed by atoms with E-state index in [1.54, 1.807) is 23.1 Å². The van der Waals surface area contributed by atoms with Crippen LogP contribution in [0.3, 0.4) is 0 Å². The highest BCUT2D eigenvalue weighted by molar-refractivity contribution is 6.31. The molecule has 9 heteroatoms. The first-order valence-electron chi connectivity index (χ1n) is 9.50. The van der Waals surface area contributed by atoms with E-state index in [9.17, 15) is 14.0 Å². The second-order valence-corrected chi connectivity index (χ2v) is 7.59. The van der Waals surface area contributed by atoms with Gasteiger partial charge in [0.05, 0.1) is 5.69 Å². The first-order chi connectivity index (χ1) is 14.3. The van der Waals surface area contributed by atoms with Crippen LogP contribution < -0.4 is 10.1 Å². The van der Waals surface area contributed by atoms with Crippen LogP contribution in [0.4, 0.5) is 14.9 Å². The Hall–Kier alpha value is -2.84. The highest BCUT2D eigenvalue weighted by Crippen LogP contribution is 2.28. The van der Waals surface area contributed by atoms with Crippen LogP contribution in [0.15, 0.2) is 42.5 Å². The van der Waals surface area contributed by atoms with Crippen LogP contribution in [0.2, 0.25) is 5.02 Å². The van der Waals surface area contributed by atoms with Crippen molar-refractivity contribution in [3.8, 4) is 5.75 Å². The zero-order valence-electron chi connectivity index (χ0n) is 16.5. The van der Waals surface area contributed by atoms with Crippen LogP contribution in [0.1, 0.15) is 12.5 Å². The summed E-state index contributed by atoms with van der Waals surface area (Å²) >= 11 is 5.90. The second kappa shape index (κ2) is 9.77. The number of amides is 2. The molecule has 2 aromatic rings. The molecule has 1 saturated heterocycles. The molecule has 0 saturated carbocycles. The van der Waals surface area contributed by atoms with Crippen molar-refractivity contribution in [3.63, 3.8) is 0 Å². The zero-order valence-corrected chi connectivity index (χ0v) is 17.2. The van der Waals surface area contributed by atoms with Gasteiger partial charge in [0.1, 0.15) is 11.6 Å². The van der Waals surface area contributed by atoms with Crippen LogP contribution in [-0.2, 0) is 11.3 Å². The molecule has 0 bridgehead atoms. The number of hydrogen-bond acceptors (Lipinski definition) is 4. The number of anilines is 1. The monoisotopic (exact) mass is 435 g/mol. The van der Waals surface area contributed by atoms with E-state index in [0.29, 0.717) is 31.2 Å². The summed E-state index contributed by atoms with van der Waals surface area (Å²) in [5, 5.41) is 11.5. The molecule has 0 radical (unpaired) electrons. The van der Waals surface area contributed by atoms with Crippen molar-refractivity contribution < 1.29 is 23.8 Å². The molecule has 2 aromatic carbocycles. The molecule has 0 aliphatic carbocycles. The number of hydrogen-bond donors (Lipinski definition) is 2. The van der Waals surface area contributed by atoms with E-state index >= 15 is 0 Å². The number of carbonyl (C=O) groups excluding carboxylic acids is 1. The van der Waals surface area contributed by atoms with E-state index in [2.05, 4.69) is 10.2 Å². The fourth-order valence-corrected chi connectivity index (χ4v) is 3.63. The third kappa shape index (κ3) is 5.84. The maximum Gasteiger partial charge on any atom is 0.409 e. The molecule has 1 heterocycles. The normalized spacial score (nSPS) is 16.9. The molecule has 1 unspecified atom stereocenters. The van der Waals surface area contributed by atoms with Gasteiger partial charge < -0.3 is 14.7 Å². The van der Waals surface area contributed by atoms with Gasteiger partial charge >= 0.3 is 6.09 Å². The van der Waals surface area contributed by atoms with Gasteiger partial charge in [0.25, 0.3) is 5.91 Å². The molecule has 30 heavy (non-hydrogen) atoms. The Labute approximate surface area is 179 Å². The van der Waals surface area contributed by atoms with Crippen molar-refractivity contribution in [2.45, 2.75) is 19.5 Å². The average molecular weight is 436 g/mol. The quantitative estimate of drug-likeness (QED) is 0.723. The topological polar surface area (TPSA) is 82.1 Å². The fraction of sp³-hybridized carbons (Fsp3) is 0.333. The first-order valence-corrected chi connectivity index (χ1v) is 9.88. The standard InChI is InChI=1S/C21H23ClFN3O4/c1-14-11-25(12-15-2-5-17(23)6-3-15)8-9-26(14)20(27)13-30-19-7-4-16(22)10-18(19)24-21(28)29/h2-7,10,14,24H,8-9,11-13H2,1H3,(H,28,29). The van der Waals surface area contributed by atoms with Gasteiger partial charge in [-0.25, -0.2) is 9.18 Å². The third-order valence-corrected chi connectivity index (χ3v) is 5.12. The lowest BCUT2D eigenvalue weighted by Gasteiger charge is -2.39. The van der Waals surface area contributed by atoms with Crippen LogP contribution >= 0.6 is 11.6 Å². The summed E-state index contributed by atoms with van der Waals surface area (Å²) in [6.45, 7) is 4.38. The van der Waals surface area contributed by atoms with Crippen LogP contribution in [-0.4, -0.2) is 59.2 Å².